The topological polar surface area (TPSA) is 59.0 Å². The van der Waals surface area contributed by atoms with E-state index in [0.717, 1.165) is 11.1 Å². The first kappa shape index (κ1) is 19.7. The Bertz CT molecular complexity index is 869. The molecule has 0 aliphatic carbocycles. The first-order valence-corrected chi connectivity index (χ1v) is 9.57. The van der Waals surface area contributed by atoms with Crippen LogP contribution in [0.4, 0.5) is 0 Å². The summed E-state index contributed by atoms with van der Waals surface area (Å²) in [6.07, 6.45) is 3.00. The average Bonchev–Trinajstić information content (AvgIpc) is 2.65. The van der Waals surface area contributed by atoms with Gasteiger partial charge in [0.05, 0.1) is 17.7 Å². The standard InChI is InChI=1S/C20H22N2O3S/c1-3-4-15-22(26(23,24)20-12-10-18(2)11-13-20)16-14-21-25-17-19-8-6-5-7-9-19/h4-14H,1,15-17H2,2H3/b21-14+. The predicted octanol–water partition coefficient (Wildman–Crippen LogP) is 3.53. The quantitative estimate of drug-likeness (QED) is 0.385. The van der Waals surface area contributed by atoms with E-state index in [4.69, 9.17) is 4.84 Å². The van der Waals surface area contributed by atoms with Gasteiger partial charge in [-0.25, -0.2) is 8.42 Å². The van der Waals surface area contributed by atoms with Crippen molar-refractivity contribution < 1.29 is 13.3 Å². The van der Waals surface area contributed by atoms with E-state index in [1.165, 1.54) is 10.5 Å². The molecule has 0 aliphatic rings. The van der Waals surface area contributed by atoms with Crippen LogP contribution in [-0.4, -0.2) is 32.0 Å². The molecule has 0 saturated heterocycles. The van der Waals surface area contributed by atoms with Gasteiger partial charge in [0.1, 0.15) is 6.61 Å². The highest BCUT2D eigenvalue weighted by molar-refractivity contribution is 7.89. The summed E-state index contributed by atoms with van der Waals surface area (Å²) in [6.45, 7) is 5.96. The molecule has 6 heteroatoms. The molecule has 2 rings (SSSR count). The Morgan fingerprint density at radius 2 is 1.81 bits per heavy atom. The summed E-state index contributed by atoms with van der Waals surface area (Å²) in [5.74, 6) is 0. The number of hydrogen-bond donors (Lipinski definition) is 0. The Labute approximate surface area is 155 Å². The Morgan fingerprint density at radius 1 is 1.12 bits per heavy atom. The molecule has 0 amide bonds. The van der Waals surface area contributed by atoms with E-state index in [1.54, 1.807) is 30.3 Å². The maximum Gasteiger partial charge on any atom is 0.243 e. The summed E-state index contributed by atoms with van der Waals surface area (Å²) in [7, 11) is -3.64. The van der Waals surface area contributed by atoms with Gasteiger partial charge in [0.2, 0.25) is 10.0 Å². The van der Waals surface area contributed by atoms with Crippen molar-refractivity contribution in [2.45, 2.75) is 18.4 Å². The molecule has 26 heavy (non-hydrogen) atoms. The van der Waals surface area contributed by atoms with E-state index >= 15 is 0 Å². The van der Waals surface area contributed by atoms with Crippen LogP contribution < -0.4 is 0 Å². The molecule has 0 atom stereocenters. The summed E-state index contributed by atoms with van der Waals surface area (Å²) in [5.41, 5.74) is 4.58. The van der Waals surface area contributed by atoms with Gasteiger partial charge >= 0.3 is 0 Å². The smallest absolute Gasteiger partial charge is 0.243 e. The maximum atomic E-state index is 12.8. The molecule has 0 N–H and O–H groups in total. The number of hydrogen-bond acceptors (Lipinski definition) is 4. The zero-order valence-corrected chi connectivity index (χ0v) is 15.5. The lowest BCUT2D eigenvalue weighted by Gasteiger charge is -2.18. The van der Waals surface area contributed by atoms with Crippen LogP contribution in [0, 0.1) is 6.92 Å². The number of sulfonamides is 1. The Hall–Kier alpha value is -2.66. The SMILES string of the molecule is C=C=CCN(C/C=N/OCc1ccccc1)S(=O)(=O)c1ccc(C)cc1. The third kappa shape index (κ3) is 5.70. The van der Waals surface area contributed by atoms with E-state index < -0.39 is 10.0 Å². The minimum Gasteiger partial charge on any atom is -0.391 e. The summed E-state index contributed by atoms with van der Waals surface area (Å²) in [4.78, 5) is 5.45. The summed E-state index contributed by atoms with van der Waals surface area (Å²) >= 11 is 0. The molecule has 0 fully saturated rings. The lowest BCUT2D eigenvalue weighted by molar-refractivity contribution is 0.131. The number of benzene rings is 2. The minimum atomic E-state index is -3.64. The lowest BCUT2D eigenvalue weighted by Crippen LogP contribution is -2.33. The number of oxime groups is 1. The van der Waals surface area contributed by atoms with Gasteiger partial charge in [0.15, 0.2) is 0 Å². The monoisotopic (exact) mass is 370 g/mol. The van der Waals surface area contributed by atoms with Crippen molar-refractivity contribution >= 4 is 16.2 Å². The van der Waals surface area contributed by atoms with Crippen molar-refractivity contribution in [3.63, 3.8) is 0 Å². The number of aryl methyl sites for hydroxylation is 1. The highest BCUT2D eigenvalue weighted by Gasteiger charge is 2.22. The van der Waals surface area contributed by atoms with Crippen molar-refractivity contribution in [2.75, 3.05) is 13.1 Å². The van der Waals surface area contributed by atoms with Crippen LogP contribution in [-0.2, 0) is 21.5 Å². The largest absolute Gasteiger partial charge is 0.391 e. The van der Waals surface area contributed by atoms with Crippen molar-refractivity contribution in [2.24, 2.45) is 5.16 Å². The fourth-order valence-corrected chi connectivity index (χ4v) is 3.47. The molecule has 5 nitrogen and oxygen atoms in total. The van der Waals surface area contributed by atoms with Gasteiger partial charge in [0, 0.05) is 6.54 Å². The second kappa shape index (κ2) is 9.73. The molecule has 0 aliphatic heterocycles. The van der Waals surface area contributed by atoms with E-state index in [-0.39, 0.29) is 18.0 Å². The van der Waals surface area contributed by atoms with Gasteiger partial charge in [-0.3, -0.25) is 0 Å². The van der Waals surface area contributed by atoms with E-state index in [9.17, 15) is 8.42 Å². The molecule has 0 spiro atoms. The second-order valence-corrected chi connectivity index (χ2v) is 7.53. The van der Waals surface area contributed by atoms with E-state index in [0.29, 0.717) is 6.61 Å². The number of nitrogens with zero attached hydrogens (tertiary/aromatic N) is 2. The van der Waals surface area contributed by atoms with Crippen LogP contribution >= 0.6 is 0 Å². The average molecular weight is 370 g/mol. The zero-order valence-electron chi connectivity index (χ0n) is 14.7. The van der Waals surface area contributed by atoms with Crippen LogP contribution in [0.25, 0.3) is 0 Å². The molecule has 0 radical (unpaired) electrons. The van der Waals surface area contributed by atoms with E-state index in [2.05, 4.69) is 17.5 Å². The third-order valence-corrected chi connectivity index (χ3v) is 5.45. The summed E-state index contributed by atoms with van der Waals surface area (Å²) in [6, 6.07) is 16.3. The van der Waals surface area contributed by atoms with Gasteiger partial charge in [-0.05, 0) is 30.7 Å². The summed E-state index contributed by atoms with van der Waals surface area (Å²) < 4.78 is 26.9. The van der Waals surface area contributed by atoms with Crippen LogP contribution in [0.15, 0.2) is 83.0 Å². The number of rotatable bonds is 9. The highest BCUT2D eigenvalue weighted by atomic mass is 32.2. The molecule has 2 aromatic rings. The fraction of sp³-hybridized carbons (Fsp3) is 0.200. The van der Waals surface area contributed by atoms with Crippen LogP contribution in [0.3, 0.4) is 0 Å². The maximum absolute atomic E-state index is 12.8. The van der Waals surface area contributed by atoms with Crippen LogP contribution in [0.2, 0.25) is 0 Å². The van der Waals surface area contributed by atoms with Crippen molar-refractivity contribution in [1.82, 2.24) is 4.31 Å². The molecule has 0 saturated carbocycles. The van der Waals surface area contributed by atoms with E-state index in [1.807, 2.05) is 37.3 Å². The Balaban J connectivity index is 2.03. The van der Waals surface area contributed by atoms with Crippen LogP contribution in [0.5, 0.6) is 0 Å². The normalized spacial score (nSPS) is 11.5. The predicted molar refractivity (Wildman–Crippen MR) is 103 cm³/mol. The fourth-order valence-electron chi connectivity index (χ4n) is 2.16. The van der Waals surface area contributed by atoms with Crippen molar-refractivity contribution in [3.8, 4) is 0 Å². The van der Waals surface area contributed by atoms with Crippen LogP contribution in [0.1, 0.15) is 11.1 Å². The molecule has 0 heterocycles. The Kier molecular flexibility index (Phi) is 7.36. The molecule has 0 bridgehead atoms. The first-order chi connectivity index (χ1) is 12.5. The second-order valence-electron chi connectivity index (χ2n) is 5.59. The third-order valence-electron chi connectivity index (χ3n) is 3.61. The van der Waals surface area contributed by atoms with Gasteiger partial charge in [-0.15, -0.1) is 5.73 Å². The first-order valence-electron chi connectivity index (χ1n) is 8.13. The summed E-state index contributed by atoms with van der Waals surface area (Å²) in [5, 5.41) is 3.85. The van der Waals surface area contributed by atoms with Gasteiger partial charge in [-0.1, -0.05) is 59.8 Å². The van der Waals surface area contributed by atoms with Crippen molar-refractivity contribution in [1.29, 1.82) is 0 Å². The molecule has 0 aromatic heterocycles. The zero-order chi connectivity index (χ0) is 18.8. The molecular weight excluding hydrogens is 348 g/mol. The van der Waals surface area contributed by atoms with Gasteiger partial charge < -0.3 is 4.84 Å². The molecule has 136 valence electrons. The lowest BCUT2D eigenvalue weighted by atomic mass is 10.2. The van der Waals surface area contributed by atoms with Gasteiger partial charge in [-0.2, -0.15) is 4.31 Å². The molecular formula is C20H22N2O3S. The van der Waals surface area contributed by atoms with Gasteiger partial charge in [0.25, 0.3) is 0 Å². The molecule has 2 aromatic carbocycles. The Morgan fingerprint density at radius 3 is 2.46 bits per heavy atom. The van der Waals surface area contributed by atoms with Crippen molar-refractivity contribution in [3.05, 3.63) is 84.1 Å². The highest BCUT2D eigenvalue weighted by Crippen LogP contribution is 2.16. The molecule has 0 unspecified atom stereocenters. The minimum absolute atomic E-state index is 0.0865.